The fourth-order valence-corrected chi connectivity index (χ4v) is 1.78. The maximum atomic E-state index is 5.85. The van der Waals surface area contributed by atoms with E-state index in [1.165, 1.54) is 29.7 Å². The van der Waals surface area contributed by atoms with Gasteiger partial charge in [-0.3, -0.25) is 0 Å². The second-order valence-electron chi connectivity index (χ2n) is 3.36. The van der Waals surface area contributed by atoms with Crippen molar-refractivity contribution in [2.75, 3.05) is 17.6 Å². The van der Waals surface area contributed by atoms with E-state index in [-0.39, 0.29) is 0 Å². The molecule has 1 heterocycles. The van der Waals surface area contributed by atoms with Crippen LogP contribution in [0.5, 0.6) is 0 Å². The molecular formula is C10H14N2. The molecule has 0 atom stereocenters. The maximum Gasteiger partial charge on any atom is 0.0609 e. The molecule has 0 spiro atoms. The number of aryl methyl sites for hydroxylation is 1. The summed E-state index contributed by atoms with van der Waals surface area (Å²) >= 11 is 0. The molecule has 2 heteroatoms. The summed E-state index contributed by atoms with van der Waals surface area (Å²) in [5.41, 5.74) is 10.7. The summed E-state index contributed by atoms with van der Waals surface area (Å²) in [5.74, 6) is 0. The summed E-state index contributed by atoms with van der Waals surface area (Å²) in [5, 5.41) is 3.35. The zero-order chi connectivity index (χ0) is 8.55. The van der Waals surface area contributed by atoms with Crippen LogP contribution in [0.25, 0.3) is 0 Å². The number of nitrogen functional groups attached to an aromatic ring is 1. The predicted molar refractivity (Wildman–Crippen MR) is 52.4 cm³/mol. The van der Waals surface area contributed by atoms with Crippen LogP contribution in [0.4, 0.5) is 11.4 Å². The smallest absolute Gasteiger partial charge is 0.0609 e. The van der Waals surface area contributed by atoms with Crippen molar-refractivity contribution in [1.82, 2.24) is 0 Å². The molecule has 0 unspecified atom stereocenters. The van der Waals surface area contributed by atoms with Crippen LogP contribution in [-0.2, 0) is 6.42 Å². The van der Waals surface area contributed by atoms with Gasteiger partial charge in [-0.1, -0.05) is 6.07 Å². The molecular weight excluding hydrogens is 148 g/mol. The molecule has 1 aliphatic heterocycles. The summed E-state index contributed by atoms with van der Waals surface area (Å²) in [6.07, 6.45) is 2.39. The second kappa shape index (κ2) is 2.70. The Morgan fingerprint density at radius 2 is 2.25 bits per heavy atom. The van der Waals surface area contributed by atoms with Gasteiger partial charge in [0.15, 0.2) is 0 Å². The summed E-state index contributed by atoms with van der Waals surface area (Å²) in [6.45, 7) is 3.20. The van der Waals surface area contributed by atoms with Gasteiger partial charge in [0.1, 0.15) is 0 Å². The molecule has 0 bridgehead atoms. The molecule has 0 saturated carbocycles. The number of nitrogens with two attached hydrogens (primary N) is 1. The lowest BCUT2D eigenvalue weighted by atomic mass is 9.97. The first-order chi connectivity index (χ1) is 5.79. The Morgan fingerprint density at radius 3 is 3.00 bits per heavy atom. The van der Waals surface area contributed by atoms with E-state index in [4.69, 9.17) is 5.73 Å². The van der Waals surface area contributed by atoms with Crippen molar-refractivity contribution in [3.05, 3.63) is 23.3 Å². The quantitative estimate of drug-likeness (QED) is 0.572. The average Bonchev–Trinajstić information content (AvgIpc) is 2.12. The first-order valence-corrected chi connectivity index (χ1v) is 4.41. The Bertz CT molecular complexity index is 274. The van der Waals surface area contributed by atoms with Crippen molar-refractivity contribution in [1.29, 1.82) is 0 Å². The number of hydrogen-bond acceptors (Lipinski definition) is 2. The van der Waals surface area contributed by atoms with Crippen LogP contribution in [0.3, 0.4) is 0 Å². The molecule has 0 amide bonds. The molecule has 2 nitrogen and oxygen atoms in total. The topological polar surface area (TPSA) is 38.0 Å². The third-order valence-corrected chi connectivity index (χ3v) is 2.48. The van der Waals surface area contributed by atoms with E-state index in [1.807, 2.05) is 6.07 Å². The maximum absolute atomic E-state index is 5.85. The van der Waals surface area contributed by atoms with E-state index in [9.17, 15) is 0 Å². The summed E-state index contributed by atoms with van der Waals surface area (Å²) < 4.78 is 0. The van der Waals surface area contributed by atoms with Crippen LogP contribution in [0, 0.1) is 6.92 Å². The van der Waals surface area contributed by atoms with E-state index >= 15 is 0 Å². The van der Waals surface area contributed by atoms with E-state index in [0.717, 1.165) is 12.2 Å². The highest BCUT2D eigenvalue weighted by atomic mass is 14.9. The summed E-state index contributed by atoms with van der Waals surface area (Å²) in [4.78, 5) is 0. The predicted octanol–water partition coefficient (Wildman–Crippen LogP) is 1.94. The van der Waals surface area contributed by atoms with Crippen molar-refractivity contribution in [3.8, 4) is 0 Å². The Labute approximate surface area is 72.8 Å². The highest BCUT2D eigenvalue weighted by Crippen LogP contribution is 2.30. The van der Waals surface area contributed by atoms with Gasteiger partial charge in [-0.05, 0) is 37.0 Å². The third kappa shape index (κ3) is 1.04. The molecule has 0 fully saturated rings. The number of anilines is 2. The van der Waals surface area contributed by atoms with Gasteiger partial charge in [-0.15, -0.1) is 0 Å². The summed E-state index contributed by atoms with van der Waals surface area (Å²) in [6, 6.07) is 4.08. The molecule has 2 rings (SSSR count). The van der Waals surface area contributed by atoms with Gasteiger partial charge in [0.2, 0.25) is 0 Å². The number of rotatable bonds is 0. The molecule has 3 N–H and O–H groups in total. The Kier molecular flexibility index (Phi) is 1.68. The highest BCUT2D eigenvalue weighted by Gasteiger charge is 2.12. The summed E-state index contributed by atoms with van der Waals surface area (Å²) in [7, 11) is 0. The molecule has 1 aliphatic rings. The van der Waals surface area contributed by atoms with Gasteiger partial charge in [0, 0.05) is 6.54 Å². The third-order valence-electron chi connectivity index (χ3n) is 2.48. The molecule has 12 heavy (non-hydrogen) atoms. The molecule has 1 aromatic rings. The number of nitrogens with one attached hydrogen (secondary N) is 1. The molecule has 0 aliphatic carbocycles. The van der Waals surface area contributed by atoms with Crippen LogP contribution < -0.4 is 11.1 Å². The monoisotopic (exact) mass is 162 g/mol. The fourth-order valence-electron chi connectivity index (χ4n) is 1.78. The van der Waals surface area contributed by atoms with Crippen LogP contribution in [0.2, 0.25) is 0 Å². The van der Waals surface area contributed by atoms with E-state index in [2.05, 4.69) is 18.3 Å². The molecule has 0 radical (unpaired) electrons. The van der Waals surface area contributed by atoms with E-state index < -0.39 is 0 Å². The van der Waals surface area contributed by atoms with E-state index in [0.29, 0.717) is 0 Å². The molecule has 0 saturated heterocycles. The highest BCUT2D eigenvalue weighted by molar-refractivity contribution is 5.72. The van der Waals surface area contributed by atoms with Crippen LogP contribution in [0.1, 0.15) is 17.5 Å². The Hall–Kier alpha value is -1.18. The zero-order valence-corrected chi connectivity index (χ0v) is 7.35. The van der Waals surface area contributed by atoms with Crippen molar-refractivity contribution in [3.63, 3.8) is 0 Å². The Morgan fingerprint density at radius 1 is 1.42 bits per heavy atom. The number of fused-ring (bicyclic) bond motifs is 1. The normalized spacial score (nSPS) is 15.1. The van der Waals surface area contributed by atoms with E-state index in [1.54, 1.807) is 0 Å². The zero-order valence-electron chi connectivity index (χ0n) is 7.35. The minimum atomic E-state index is 0.885. The lowest BCUT2D eigenvalue weighted by molar-refractivity contribution is 0.825. The van der Waals surface area contributed by atoms with Gasteiger partial charge < -0.3 is 11.1 Å². The van der Waals surface area contributed by atoms with Gasteiger partial charge in [0.25, 0.3) is 0 Å². The van der Waals surface area contributed by atoms with Crippen molar-refractivity contribution >= 4 is 11.4 Å². The SMILES string of the molecule is Cc1ccc(N)c2c1CCCN2. The van der Waals surface area contributed by atoms with Gasteiger partial charge in [0.05, 0.1) is 11.4 Å². The van der Waals surface area contributed by atoms with Gasteiger partial charge >= 0.3 is 0 Å². The van der Waals surface area contributed by atoms with Crippen LogP contribution in [0.15, 0.2) is 12.1 Å². The fraction of sp³-hybridized carbons (Fsp3) is 0.400. The van der Waals surface area contributed by atoms with Crippen LogP contribution in [-0.4, -0.2) is 6.54 Å². The first kappa shape index (κ1) is 7.47. The largest absolute Gasteiger partial charge is 0.397 e. The minimum absolute atomic E-state index is 0.885. The first-order valence-electron chi connectivity index (χ1n) is 4.41. The lowest BCUT2D eigenvalue weighted by Gasteiger charge is -2.21. The standard InChI is InChI=1S/C10H14N2/c1-7-4-5-9(11)10-8(7)3-2-6-12-10/h4-5,12H,2-3,6,11H2,1H3. The minimum Gasteiger partial charge on any atom is -0.397 e. The Balaban J connectivity index is 2.57. The lowest BCUT2D eigenvalue weighted by Crippen LogP contribution is -2.14. The van der Waals surface area contributed by atoms with Crippen LogP contribution >= 0.6 is 0 Å². The van der Waals surface area contributed by atoms with Gasteiger partial charge in [-0.25, -0.2) is 0 Å². The number of hydrogen-bond donors (Lipinski definition) is 2. The second-order valence-corrected chi connectivity index (χ2v) is 3.36. The van der Waals surface area contributed by atoms with Crippen molar-refractivity contribution < 1.29 is 0 Å². The average molecular weight is 162 g/mol. The molecule has 1 aromatic carbocycles. The number of benzene rings is 1. The van der Waals surface area contributed by atoms with Gasteiger partial charge in [-0.2, -0.15) is 0 Å². The van der Waals surface area contributed by atoms with Crippen molar-refractivity contribution in [2.24, 2.45) is 0 Å². The molecule has 64 valence electrons. The molecule has 0 aromatic heterocycles. The van der Waals surface area contributed by atoms with Crippen molar-refractivity contribution in [2.45, 2.75) is 19.8 Å².